The van der Waals surface area contributed by atoms with E-state index in [1.54, 1.807) is 0 Å². The molecule has 20 heavy (non-hydrogen) atoms. The lowest BCUT2D eigenvalue weighted by molar-refractivity contribution is -0.122. The van der Waals surface area contributed by atoms with Crippen LogP contribution in [0.3, 0.4) is 0 Å². The van der Waals surface area contributed by atoms with Gasteiger partial charge in [0, 0.05) is 25.0 Å². The summed E-state index contributed by atoms with van der Waals surface area (Å²) in [6, 6.07) is 11.5. The fraction of sp³-hybridized carbons (Fsp3) is 0.588. The molecule has 1 aromatic carbocycles. The van der Waals surface area contributed by atoms with Crippen LogP contribution in [0.4, 0.5) is 0 Å². The quantitative estimate of drug-likeness (QED) is 0.750. The maximum absolute atomic E-state index is 11.2. The van der Waals surface area contributed by atoms with Gasteiger partial charge >= 0.3 is 0 Å². The van der Waals surface area contributed by atoms with Crippen molar-refractivity contribution in [1.82, 2.24) is 10.6 Å². The molecule has 1 aliphatic rings. The Bertz CT molecular complexity index is 395. The van der Waals surface area contributed by atoms with Gasteiger partial charge < -0.3 is 10.6 Å². The molecule has 1 saturated heterocycles. The molecule has 0 radical (unpaired) electrons. The summed E-state index contributed by atoms with van der Waals surface area (Å²) >= 11 is 0. The maximum Gasteiger partial charge on any atom is 0.220 e. The summed E-state index contributed by atoms with van der Waals surface area (Å²) in [5, 5.41) is 6.69. The molecule has 110 valence electrons. The van der Waals surface area contributed by atoms with E-state index in [0.717, 1.165) is 13.0 Å². The summed E-state index contributed by atoms with van der Waals surface area (Å²) in [5.74, 6) is 0.185. The second-order valence-electron chi connectivity index (χ2n) is 5.67. The summed E-state index contributed by atoms with van der Waals surface area (Å²) in [7, 11) is 0. The third kappa shape index (κ3) is 4.64. The van der Waals surface area contributed by atoms with Crippen molar-refractivity contribution in [3.05, 3.63) is 35.9 Å². The van der Waals surface area contributed by atoms with Crippen molar-refractivity contribution >= 4 is 5.91 Å². The molecule has 1 aliphatic heterocycles. The standard InChI is InChI=1S/C17H26N2O/c1-2-3-5-10-16(14-8-6-4-7-9-14)19-15-11-12-17(20)18-13-15/h4,6-9,15-16,19H,2-3,5,10-13H2,1H3,(H,18,20). The van der Waals surface area contributed by atoms with Crippen molar-refractivity contribution < 1.29 is 4.79 Å². The Balaban J connectivity index is 1.93. The van der Waals surface area contributed by atoms with Crippen LogP contribution in [0, 0.1) is 0 Å². The maximum atomic E-state index is 11.2. The number of carbonyl (C=O) groups is 1. The smallest absolute Gasteiger partial charge is 0.220 e. The predicted molar refractivity (Wildman–Crippen MR) is 82.5 cm³/mol. The number of hydrogen-bond donors (Lipinski definition) is 2. The normalized spacial score (nSPS) is 20.4. The van der Waals surface area contributed by atoms with Gasteiger partial charge in [-0.05, 0) is 18.4 Å². The second-order valence-corrected chi connectivity index (χ2v) is 5.67. The molecule has 0 bridgehead atoms. The molecule has 0 aromatic heterocycles. The first-order valence-electron chi connectivity index (χ1n) is 7.87. The Kier molecular flexibility index (Phi) is 6.06. The number of benzene rings is 1. The van der Waals surface area contributed by atoms with Crippen molar-refractivity contribution in [3.8, 4) is 0 Å². The minimum absolute atomic E-state index is 0.185. The number of hydrogen-bond acceptors (Lipinski definition) is 2. The van der Waals surface area contributed by atoms with Crippen molar-refractivity contribution in [2.75, 3.05) is 6.54 Å². The number of carbonyl (C=O) groups excluding carboxylic acids is 1. The van der Waals surface area contributed by atoms with Gasteiger partial charge in [0.2, 0.25) is 5.91 Å². The summed E-state index contributed by atoms with van der Waals surface area (Å²) in [4.78, 5) is 11.2. The number of amides is 1. The van der Waals surface area contributed by atoms with Crippen molar-refractivity contribution in [3.63, 3.8) is 0 Å². The Morgan fingerprint density at radius 1 is 1.30 bits per heavy atom. The molecule has 0 aliphatic carbocycles. The Labute approximate surface area is 122 Å². The summed E-state index contributed by atoms with van der Waals surface area (Å²) in [6.45, 7) is 3.00. The molecule has 2 N–H and O–H groups in total. The van der Waals surface area contributed by atoms with Gasteiger partial charge in [0.15, 0.2) is 0 Å². The van der Waals surface area contributed by atoms with E-state index in [9.17, 15) is 4.79 Å². The average Bonchev–Trinajstić information content (AvgIpc) is 2.49. The van der Waals surface area contributed by atoms with Crippen LogP contribution in [0.2, 0.25) is 0 Å². The molecule has 1 amide bonds. The first kappa shape index (κ1) is 15.0. The van der Waals surface area contributed by atoms with Crippen LogP contribution in [-0.2, 0) is 4.79 Å². The van der Waals surface area contributed by atoms with E-state index in [0.29, 0.717) is 18.5 Å². The minimum Gasteiger partial charge on any atom is -0.355 e. The fourth-order valence-corrected chi connectivity index (χ4v) is 2.79. The zero-order valence-electron chi connectivity index (χ0n) is 12.4. The fourth-order valence-electron chi connectivity index (χ4n) is 2.79. The highest BCUT2D eigenvalue weighted by Gasteiger charge is 2.21. The Hall–Kier alpha value is -1.35. The molecule has 2 atom stereocenters. The summed E-state index contributed by atoms with van der Waals surface area (Å²) in [6.07, 6.45) is 6.55. The van der Waals surface area contributed by atoms with Gasteiger partial charge in [0.1, 0.15) is 0 Å². The lowest BCUT2D eigenvalue weighted by Crippen LogP contribution is -2.46. The highest BCUT2D eigenvalue weighted by atomic mass is 16.1. The molecule has 0 saturated carbocycles. The number of unbranched alkanes of at least 4 members (excludes halogenated alkanes) is 2. The van der Waals surface area contributed by atoms with Gasteiger partial charge in [-0.25, -0.2) is 0 Å². The van der Waals surface area contributed by atoms with Crippen LogP contribution in [-0.4, -0.2) is 18.5 Å². The molecule has 2 unspecified atom stereocenters. The van der Waals surface area contributed by atoms with Crippen molar-refractivity contribution in [2.45, 2.75) is 57.5 Å². The molecular weight excluding hydrogens is 248 g/mol. The summed E-state index contributed by atoms with van der Waals surface area (Å²) < 4.78 is 0. The van der Waals surface area contributed by atoms with Crippen molar-refractivity contribution in [1.29, 1.82) is 0 Å². The molecular formula is C17H26N2O. The van der Waals surface area contributed by atoms with Crippen molar-refractivity contribution in [2.24, 2.45) is 0 Å². The minimum atomic E-state index is 0.185. The average molecular weight is 274 g/mol. The third-order valence-electron chi connectivity index (χ3n) is 4.00. The molecule has 1 heterocycles. The number of piperidine rings is 1. The van der Waals surface area contributed by atoms with Crippen LogP contribution in [0.15, 0.2) is 30.3 Å². The second kappa shape index (κ2) is 8.05. The zero-order chi connectivity index (χ0) is 14.2. The third-order valence-corrected chi connectivity index (χ3v) is 4.00. The van der Waals surface area contributed by atoms with Gasteiger partial charge in [-0.2, -0.15) is 0 Å². The molecule has 1 fully saturated rings. The SMILES string of the molecule is CCCCCC(NC1CCC(=O)NC1)c1ccccc1. The van der Waals surface area contributed by atoms with Gasteiger partial charge in [-0.3, -0.25) is 4.79 Å². The molecule has 3 heteroatoms. The highest BCUT2D eigenvalue weighted by Crippen LogP contribution is 2.21. The lowest BCUT2D eigenvalue weighted by Gasteiger charge is -2.29. The van der Waals surface area contributed by atoms with E-state index >= 15 is 0 Å². The van der Waals surface area contributed by atoms with Gasteiger partial charge in [-0.15, -0.1) is 0 Å². The van der Waals surface area contributed by atoms with Gasteiger partial charge in [-0.1, -0.05) is 56.5 Å². The molecule has 3 nitrogen and oxygen atoms in total. The van der Waals surface area contributed by atoms with Crippen LogP contribution < -0.4 is 10.6 Å². The van der Waals surface area contributed by atoms with Crippen LogP contribution in [0.1, 0.15) is 57.1 Å². The lowest BCUT2D eigenvalue weighted by atomic mass is 9.97. The van der Waals surface area contributed by atoms with E-state index in [1.807, 2.05) is 0 Å². The van der Waals surface area contributed by atoms with Crippen LogP contribution >= 0.6 is 0 Å². The topological polar surface area (TPSA) is 41.1 Å². The molecule has 0 spiro atoms. The first-order chi connectivity index (χ1) is 9.79. The van der Waals surface area contributed by atoms with E-state index < -0.39 is 0 Å². The van der Waals surface area contributed by atoms with Gasteiger partial charge in [0.25, 0.3) is 0 Å². The number of rotatable bonds is 7. The van der Waals surface area contributed by atoms with E-state index in [4.69, 9.17) is 0 Å². The van der Waals surface area contributed by atoms with Crippen LogP contribution in [0.25, 0.3) is 0 Å². The van der Waals surface area contributed by atoms with E-state index in [-0.39, 0.29) is 5.91 Å². The Morgan fingerprint density at radius 2 is 2.10 bits per heavy atom. The summed E-state index contributed by atoms with van der Waals surface area (Å²) in [5.41, 5.74) is 1.36. The van der Waals surface area contributed by atoms with E-state index in [1.165, 1.54) is 31.2 Å². The van der Waals surface area contributed by atoms with Crippen LogP contribution in [0.5, 0.6) is 0 Å². The first-order valence-corrected chi connectivity index (χ1v) is 7.87. The van der Waals surface area contributed by atoms with E-state index in [2.05, 4.69) is 47.9 Å². The zero-order valence-corrected chi connectivity index (χ0v) is 12.4. The monoisotopic (exact) mass is 274 g/mol. The number of nitrogens with one attached hydrogen (secondary N) is 2. The van der Waals surface area contributed by atoms with Gasteiger partial charge in [0.05, 0.1) is 0 Å². The largest absolute Gasteiger partial charge is 0.355 e. The highest BCUT2D eigenvalue weighted by molar-refractivity contribution is 5.76. The molecule has 2 rings (SSSR count). The molecule has 1 aromatic rings. The predicted octanol–water partition coefficient (Wildman–Crippen LogP) is 3.18. The Morgan fingerprint density at radius 3 is 2.75 bits per heavy atom.